The molecule has 1 rings (SSSR count). The number of nitrogens with zero attached hydrogens (tertiary/aromatic N) is 1. The van der Waals surface area contributed by atoms with Crippen LogP contribution in [0.15, 0.2) is 6.20 Å². The van der Waals surface area contributed by atoms with Crippen molar-refractivity contribution in [1.29, 1.82) is 0 Å². The van der Waals surface area contributed by atoms with Gasteiger partial charge in [-0.3, -0.25) is 4.79 Å². The summed E-state index contributed by atoms with van der Waals surface area (Å²) in [5.74, 6) is 0.451. The predicted octanol–water partition coefficient (Wildman–Crippen LogP) is -0.707. The van der Waals surface area contributed by atoms with Crippen molar-refractivity contribution in [2.45, 2.75) is 13.5 Å². The first-order chi connectivity index (χ1) is 5.68. The zero-order valence-corrected chi connectivity index (χ0v) is 6.92. The number of nitrogens with one attached hydrogen (secondary N) is 2. The van der Waals surface area contributed by atoms with Gasteiger partial charge in [-0.1, -0.05) is 0 Å². The Labute approximate surface area is 70.4 Å². The predicted molar refractivity (Wildman–Crippen MR) is 44.2 cm³/mol. The van der Waals surface area contributed by atoms with Gasteiger partial charge >= 0.3 is 0 Å². The van der Waals surface area contributed by atoms with Crippen LogP contribution in [-0.2, 0) is 11.3 Å². The minimum atomic E-state index is -0.363. The van der Waals surface area contributed by atoms with E-state index in [9.17, 15) is 4.79 Å². The van der Waals surface area contributed by atoms with Crippen LogP contribution in [0.1, 0.15) is 11.5 Å². The third-order valence-corrected chi connectivity index (χ3v) is 1.35. The average molecular weight is 168 g/mol. The number of rotatable bonds is 4. The molecule has 0 radical (unpaired) electrons. The van der Waals surface area contributed by atoms with Crippen molar-refractivity contribution in [1.82, 2.24) is 15.3 Å². The summed E-state index contributed by atoms with van der Waals surface area (Å²) in [6, 6.07) is 0. The molecule has 0 aliphatic carbocycles. The Balaban J connectivity index is 2.29. The molecule has 0 atom stereocenters. The molecule has 1 amide bonds. The van der Waals surface area contributed by atoms with Gasteiger partial charge in [0.25, 0.3) is 0 Å². The molecule has 0 saturated carbocycles. The number of carbonyl (C=O) groups excluding carboxylic acids is 1. The topological polar surface area (TPSA) is 83.8 Å². The fraction of sp³-hybridized carbons (Fsp3) is 0.429. The second-order valence-corrected chi connectivity index (χ2v) is 2.58. The molecule has 66 valence electrons. The van der Waals surface area contributed by atoms with Crippen LogP contribution in [0.25, 0.3) is 0 Å². The van der Waals surface area contributed by atoms with E-state index in [-0.39, 0.29) is 12.5 Å². The van der Waals surface area contributed by atoms with Gasteiger partial charge in [-0.05, 0) is 6.92 Å². The lowest BCUT2D eigenvalue weighted by molar-refractivity contribution is -0.117. The van der Waals surface area contributed by atoms with E-state index in [2.05, 4.69) is 15.3 Å². The number of H-pyrrole nitrogens is 1. The van der Waals surface area contributed by atoms with E-state index in [1.54, 1.807) is 6.20 Å². The molecule has 0 spiro atoms. The Hall–Kier alpha value is -1.36. The van der Waals surface area contributed by atoms with Crippen LogP contribution in [0.3, 0.4) is 0 Å². The van der Waals surface area contributed by atoms with Gasteiger partial charge in [0.05, 0.1) is 13.1 Å². The molecule has 1 aromatic heterocycles. The van der Waals surface area contributed by atoms with Crippen molar-refractivity contribution in [3.63, 3.8) is 0 Å². The van der Waals surface area contributed by atoms with Crippen LogP contribution in [0.2, 0.25) is 0 Å². The molecule has 0 saturated heterocycles. The Morgan fingerprint density at radius 2 is 2.58 bits per heavy atom. The number of hydrogen-bond acceptors (Lipinski definition) is 3. The molecule has 5 nitrogen and oxygen atoms in total. The third-order valence-electron chi connectivity index (χ3n) is 1.35. The third kappa shape index (κ3) is 2.71. The molecule has 12 heavy (non-hydrogen) atoms. The molecule has 5 heteroatoms. The van der Waals surface area contributed by atoms with Gasteiger partial charge in [0, 0.05) is 11.9 Å². The number of carbonyl (C=O) groups is 1. The summed E-state index contributed by atoms with van der Waals surface area (Å²) in [6.45, 7) is 2.64. The summed E-state index contributed by atoms with van der Waals surface area (Å²) in [6.07, 6.45) is 1.74. The molecule has 0 unspecified atom stereocenters. The molecule has 0 fully saturated rings. The van der Waals surface area contributed by atoms with Crippen LogP contribution in [0.5, 0.6) is 0 Å². The maximum Gasteiger partial charge on any atom is 0.231 e. The first-order valence-corrected chi connectivity index (χ1v) is 3.68. The van der Waals surface area contributed by atoms with Crippen LogP contribution < -0.4 is 11.1 Å². The van der Waals surface area contributed by atoms with Gasteiger partial charge in [-0.15, -0.1) is 0 Å². The second kappa shape index (κ2) is 3.87. The summed E-state index contributed by atoms with van der Waals surface area (Å²) in [7, 11) is 0. The van der Waals surface area contributed by atoms with Crippen molar-refractivity contribution in [2.75, 3.05) is 6.54 Å². The Kier molecular flexibility index (Phi) is 2.82. The SMILES string of the molecule is Cc1cnc(CNCC(N)=O)[nH]1. The average Bonchev–Trinajstić information content (AvgIpc) is 2.35. The number of primary amides is 1. The monoisotopic (exact) mass is 168 g/mol. The van der Waals surface area contributed by atoms with E-state index in [1.807, 2.05) is 6.92 Å². The molecule has 1 aromatic rings. The number of hydrogen-bond donors (Lipinski definition) is 3. The first-order valence-electron chi connectivity index (χ1n) is 3.68. The summed E-state index contributed by atoms with van der Waals surface area (Å²) in [5, 5.41) is 2.85. The van der Waals surface area contributed by atoms with E-state index in [1.165, 1.54) is 0 Å². The summed E-state index contributed by atoms with van der Waals surface area (Å²) >= 11 is 0. The van der Waals surface area contributed by atoms with E-state index >= 15 is 0 Å². The van der Waals surface area contributed by atoms with Gasteiger partial charge < -0.3 is 16.0 Å². The first kappa shape index (κ1) is 8.73. The van der Waals surface area contributed by atoms with E-state index in [4.69, 9.17) is 5.73 Å². The molecule has 4 N–H and O–H groups in total. The van der Waals surface area contributed by atoms with Crippen LogP contribution in [-0.4, -0.2) is 22.4 Å². The number of imidazole rings is 1. The smallest absolute Gasteiger partial charge is 0.231 e. The molecule has 0 aliphatic heterocycles. The summed E-state index contributed by atoms with van der Waals surface area (Å²) in [4.78, 5) is 17.4. The lowest BCUT2D eigenvalue weighted by Crippen LogP contribution is -2.28. The van der Waals surface area contributed by atoms with Crippen molar-refractivity contribution >= 4 is 5.91 Å². The number of aryl methyl sites for hydroxylation is 1. The van der Waals surface area contributed by atoms with Crippen LogP contribution in [0, 0.1) is 6.92 Å². The fourth-order valence-corrected chi connectivity index (χ4v) is 0.861. The molecular formula is C7H12N4O. The molecule has 0 aliphatic rings. The van der Waals surface area contributed by atoms with E-state index in [0.29, 0.717) is 6.54 Å². The van der Waals surface area contributed by atoms with Crippen molar-refractivity contribution < 1.29 is 4.79 Å². The minimum absolute atomic E-state index is 0.180. The highest BCUT2D eigenvalue weighted by molar-refractivity contribution is 5.75. The van der Waals surface area contributed by atoms with Crippen molar-refractivity contribution in [3.05, 3.63) is 17.7 Å². The zero-order valence-electron chi connectivity index (χ0n) is 6.92. The molecule has 0 aromatic carbocycles. The van der Waals surface area contributed by atoms with Gasteiger partial charge in [0.2, 0.25) is 5.91 Å². The van der Waals surface area contributed by atoms with Crippen molar-refractivity contribution in [2.24, 2.45) is 5.73 Å². The number of aromatic nitrogens is 2. The van der Waals surface area contributed by atoms with Gasteiger partial charge in [-0.2, -0.15) is 0 Å². The van der Waals surface area contributed by atoms with E-state index < -0.39 is 0 Å². The highest BCUT2D eigenvalue weighted by Gasteiger charge is 1.97. The van der Waals surface area contributed by atoms with Crippen LogP contribution in [0.4, 0.5) is 0 Å². The van der Waals surface area contributed by atoms with Gasteiger partial charge in [0.1, 0.15) is 5.82 Å². The summed E-state index contributed by atoms with van der Waals surface area (Å²) < 4.78 is 0. The van der Waals surface area contributed by atoms with Gasteiger partial charge in [-0.25, -0.2) is 4.98 Å². The molecule has 0 bridgehead atoms. The Morgan fingerprint density at radius 1 is 1.83 bits per heavy atom. The lowest BCUT2D eigenvalue weighted by atomic mass is 10.5. The number of aromatic amines is 1. The molecule has 1 heterocycles. The largest absolute Gasteiger partial charge is 0.369 e. The Morgan fingerprint density at radius 3 is 3.08 bits per heavy atom. The minimum Gasteiger partial charge on any atom is -0.369 e. The zero-order chi connectivity index (χ0) is 8.97. The second-order valence-electron chi connectivity index (χ2n) is 2.58. The maximum absolute atomic E-state index is 10.3. The standard InChI is InChI=1S/C7H12N4O/c1-5-2-10-7(11-5)4-9-3-6(8)12/h2,9H,3-4H2,1H3,(H2,8,12)(H,10,11). The quantitative estimate of drug-likeness (QED) is 0.555. The highest BCUT2D eigenvalue weighted by Crippen LogP contribution is 1.92. The van der Waals surface area contributed by atoms with E-state index in [0.717, 1.165) is 11.5 Å². The van der Waals surface area contributed by atoms with Gasteiger partial charge in [0.15, 0.2) is 0 Å². The number of amides is 1. The molecular weight excluding hydrogens is 156 g/mol. The van der Waals surface area contributed by atoms with Crippen LogP contribution >= 0.6 is 0 Å². The van der Waals surface area contributed by atoms with Crippen molar-refractivity contribution in [3.8, 4) is 0 Å². The summed E-state index contributed by atoms with van der Waals surface area (Å²) in [5.41, 5.74) is 5.94. The normalized spacial score (nSPS) is 10.1. The fourth-order valence-electron chi connectivity index (χ4n) is 0.861. The highest BCUT2D eigenvalue weighted by atomic mass is 16.1. The maximum atomic E-state index is 10.3. The Bertz CT molecular complexity index is 268. The number of nitrogens with two attached hydrogens (primary N) is 1. The lowest BCUT2D eigenvalue weighted by Gasteiger charge is -1.97.